The zero-order chi connectivity index (χ0) is 26.0. The highest BCUT2D eigenvalue weighted by Gasteiger charge is 2.52. The molecule has 0 unspecified atom stereocenters. The summed E-state index contributed by atoms with van der Waals surface area (Å²) in [6.45, 7) is 0.632. The van der Waals surface area contributed by atoms with Gasteiger partial charge in [-0.1, -0.05) is 0 Å². The normalized spacial score (nSPS) is 24.0. The second-order valence-corrected chi connectivity index (χ2v) is 9.91. The van der Waals surface area contributed by atoms with Gasteiger partial charge in [0.1, 0.15) is 11.5 Å². The predicted octanol–water partition coefficient (Wildman–Crippen LogP) is 1.84. The number of aromatic nitrogens is 3. The number of amides is 3. The van der Waals surface area contributed by atoms with Gasteiger partial charge in [0.25, 0.3) is 5.56 Å². The number of aryl methyl sites for hydroxylation is 1. The summed E-state index contributed by atoms with van der Waals surface area (Å²) >= 11 is 0. The van der Waals surface area contributed by atoms with Crippen molar-refractivity contribution in [3.63, 3.8) is 0 Å². The maximum atomic E-state index is 13.1. The van der Waals surface area contributed by atoms with E-state index in [2.05, 4.69) is 20.2 Å². The van der Waals surface area contributed by atoms with Gasteiger partial charge in [0.15, 0.2) is 0 Å². The first-order valence-electron chi connectivity index (χ1n) is 11.6. The van der Waals surface area contributed by atoms with E-state index in [1.165, 1.54) is 11.9 Å². The average molecular weight is 506 g/mol. The molecule has 36 heavy (non-hydrogen) atoms. The summed E-state index contributed by atoms with van der Waals surface area (Å²) in [5, 5.41) is 2.36. The molecule has 2 saturated carbocycles. The molecule has 0 spiro atoms. The third kappa shape index (κ3) is 3.95. The third-order valence-electron chi connectivity index (χ3n) is 7.72. The molecular weight excluding hydrogens is 479 g/mol. The van der Waals surface area contributed by atoms with Crippen LogP contribution >= 0.6 is 0 Å². The van der Waals surface area contributed by atoms with E-state index >= 15 is 0 Å². The Morgan fingerprint density at radius 2 is 1.94 bits per heavy atom. The number of carbonyl (C=O) groups is 2. The summed E-state index contributed by atoms with van der Waals surface area (Å²) in [6.07, 6.45) is 2.11. The number of halogens is 3. The zero-order valence-corrected chi connectivity index (χ0v) is 19.7. The van der Waals surface area contributed by atoms with Crippen LogP contribution in [0.2, 0.25) is 0 Å². The summed E-state index contributed by atoms with van der Waals surface area (Å²) in [5.41, 5.74) is 3.23. The molecule has 0 aromatic carbocycles. The Morgan fingerprint density at radius 1 is 1.22 bits per heavy atom. The highest BCUT2D eigenvalue weighted by Crippen LogP contribution is 2.47. The monoisotopic (exact) mass is 505 g/mol. The number of alkyl halides is 3. The number of urea groups is 1. The van der Waals surface area contributed by atoms with Crippen molar-refractivity contribution >= 4 is 23.4 Å². The maximum absolute atomic E-state index is 13.1. The van der Waals surface area contributed by atoms with Crippen molar-refractivity contribution in [2.45, 2.75) is 49.4 Å². The van der Waals surface area contributed by atoms with E-state index in [0.717, 1.165) is 11.0 Å². The Balaban J connectivity index is 1.25. The van der Waals surface area contributed by atoms with E-state index < -0.39 is 40.3 Å². The molecule has 2 aliphatic carbocycles. The van der Waals surface area contributed by atoms with Crippen LogP contribution in [0.25, 0.3) is 0 Å². The van der Waals surface area contributed by atoms with Crippen LogP contribution in [0.15, 0.2) is 29.5 Å². The van der Waals surface area contributed by atoms with E-state index in [1.807, 2.05) is 0 Å². The molecule has 2 aromatic rings. The number of primary amides is 1. The van der Waals surface area contributed by atoms with Crippen molar-refractivity contribution in [2.75, 3.05) is 23.8 Å². The molecule has 3 aliphatic rings. The molecule has 3 N–H and O–H groups in total. The van der Waals surface area contributed by atoms with E-state index in [9.17, 15) is 27.6 Å². The predicted molar refractivity (Wildman–Crippen MR) is 123 cm³/mol. The molecule has 192 valence electrons. The second-order valence-electron chi connectivity index (χ2n) is 9.91. The summed E-state index contributed by atoms with van der Waals surface area (Å²) in [7, 11) is 2.78. The zero-order valence-electron chi connectivity index (χ0n) is 19.7. The maximum Gasteiger partial charge on any atom is 0.417 e. The lowest BCUT2D eigenvalue weighted by molar-refractivity contribution is -0.138. The van der Waals surface area contributed by atoms with Gasteiger partial charge in [-0.3, -0.25) is 14.6 Å². The standard InChI is InChI=1S/C23H26F3N7O3/c1-31-11-13(23(24,25)26)6-15(19(31)34)30-21(36)32(2)16-7-14-5-12(16)10-33(14)18-9-28-17(8-29-18)22(3-4-22)20(27)35/h6,8-9,11-12,14,16H,3-5,7,10H2,1-2H3,(H2,27,35)(H,30,36)/t12-,14-,16+/m0/s1. The first kappa shape index (κ1) is 24.1. The fourth-order valence-corrected chi connectivity index (χ4v) is 5.46. The number of pyridine rings is 1. The Bertz CT molecular complexity index is 1270. The number of hydrogen-bond donors (Lipinski definition) is 2. The number of nitrogens with two attached hydrogens (primary N) is 1. The SMILES string of the molecule is CN(C(=O)Nc1cc(C(F)(F)F)cn(C)c1=O)[C@@H]1C[C@@H]2C[C@H]1CN2c1cnc(C2(C(N)=O)CC2)cn1. The summed E-state index contributed by atoms with van der Waals surface area (Å²) in [5.74, 6) is 0.415. The summed E-state index contributed by atoms with van der Waals surface area (Å²) in [6, 6.07) is -0.00965. The molecule has 3 heterocycles. The molecule has 3 amide bonds. The number of carbonyl (C=O) groups excluding carboxylic acids is 2. The molecular formula is C23H26F3N7O3. The van der Waals surface area contributed by atoms with Crippen LogP contribution in [0.4, 0.5) is 29.5 Å². The molecule has 0 radical (unpaired) electrons. The first-order valence-corrected chi connectivity index (χ1v) is 11.6. The van der Waals surface area contributed by atoms with Gasteiger partial charge in [-0.05, 0) is 37.7 Å². The summed E-state index contributed by atoms with van der Waals surface area (Å²) < 4.78 is 40.2. The number of fused-ring (bicyclic) bond motifs is 2. The van der Waals surface area contributed by atoms with Gasteiger partial charge in [-0.15, -0.1) is 0 Å². The van der Waals surface area contributed by atoms with Crippen LogP contribution < -0.4 is 21.5 Å². The lowest BCUT2D eigenvalue weighted by atomic mass is 10.0. The topological polar surface area (TPSA) is 126 Å². The highest BCUT2D eigenvalue weighted by molar-refractivity contribution is 5.90. The van der Waals surface area contributed by atoms with Crippen LogP contribution in [0.1, 0.15) is 36.9 Å². The number of nitrogens with one attached hydrogen (secondary N) is 1. The smallest absolute Gasteiger partial charge is 0.369 e. The Kier molecular flexibility index (Phi) is 5.49. The molecule has 1 saturated heterocycles. The number of rotatable bonds is 5. The van der Waals surface area contributed by atoms with Gasteiger partial charge in [0, 0.05) is 38.9 Å². The van der Waals surface area contributed by atoms with Gasteiger partial charge in [0.2, 0.25) is 5.91 Å². The molecule has 3 fully saturated rings. The van der Waals surface area contributed by atoms with Crippen molar-refractivity contribution in [3.05, 3.63) is 46.3 Å². The molecule has 13 heteroatoms. The van der Waals surface area contributed by atoms with Crippen molar-refractivity contribution in [2.24, 2.45) is 18.7 Å². The van der Waals surface area contributed by atoms with Crippen molar-refractivity contribution in [1.82, 2.24) is 19.4 Å². The van der Waals surface area contributed by atoms with Crippen LogP contribution in [0.3, 0.4) is 0 Å². The number of hydrogen-bond acceptors (Lipinski definition) is 6. The van der Waals surface area contributed by atoms with E-state index in [0.29, 0.717) is 49.6 Å². The third-order valence-corrected chi connectivity index (χ3v) is 7.72. The van der Waals surface area contributed by atoms with Crippen molar-refractivity contribution < 1.29 is 22.8 Å². The van der Waals surface area contributed by atoms with E-state index in [4.69, 9.17) is 5.73 Å². The van der Waals surface area contributed by atoms with Crippen molar-refractivity contribution in [3.8, 4) is 0 Å². The highest BCUT2D eigenvalue weighted by atomic mass is 19.4. The average Bonchev–Trinajstić information content (AvgIpc) is 3.41. The molecule has 1 aliphatic heterocycles. The Hall–Kier alpha value is -3.64. The number of piperidine rings is 1. The van der Waals surface area contributed by atoms with Crippen LogP contribution in [-0.2, 0) is 23.4 Å². The van der Waals surface area contributed by atoms with Crippen LogP contribution in [0.5, 0.6) is 0 Å². The molecule has 10 nitrogen and oxygen atoms in total. The van der Waals surface area contributed by atoms with Gasteiger partial charge in [0.05, 0.1) is 29.1 Å². The number of anilines is 2. The van der Waals surface area contributed by atoms with Gasteiger partial charge in [-0.2, -0.15) is 13.2 Å². The summed E-state index contributed by atoms with van der Waals surface area (Å²) in [4.78, 5) is 49.4. The van der Waals surface area contributed by atoms with Gasteiger partial charge >= 0.3 is 12.2 Å². The minimum Gasteiger partial charge on any atom is -0.369 e. The Morgan fingerprint density at radius 3 is 2.47 bits per heavy atom. The molecule has 2 aromatic heterocycles. The molecule has 5 rings (SSSR count). The second kappa shape index (κ2) is 8.20. The first-order chi connectivity index (χ1) is 16.9. The van der Waals surface area contributed by atoms with Crippen molar-refractivity contribution in [1.29, 1.82) is 0 Å². The number of nitrogens with zero attached hydrogens (tertiary/aromatic N) is 5. The van der Waals surface area contributed by atoms with Crippen LogP contribution in [-0.4, -0.2) is 57.0 Å². The lowest BCUT2D eigenvalue weighted by Crippen LogP contribution is -2.48. The fourth-order valence-electron chi connectivity index (χ4n) is 5.46. The largest absolute Gasteiger partial charge is 0.417 e. The fraction of sp³-hybridized carbons (Fsp3) is 0.522. The van der Waals surface area contributed by atoms with E-state index in [1.54, 1.807) is 19.4 Å². The van der Waals surface area contributed by atoms with Crippen LogP contribution in [0, 0.1) is 5.92 Å². The van der Waals surface area contributed by atoms with Gasteiger partial charge < -0.3 is 25.4 Å². The Labute approximate surface area is 204 Å². The lowest BCUT2D eigenvalue weighted by Gasteiger charge is -2.36. The quantitative estimate of drug-likeness (QED) is 0.639. The molecule has 3 atom stereocenters. The minimum atomic E-state index is -4.65. The van der Waals surface area contributed by atoms with Gasteiger partial charge in [-0.25, -0.2) is 9.78 Å². The minimum absolute atomic E-state index is 0.114. The van der Waals surface area contributed by atoms with E-state index in [-0.39, 0.29) is 18.0 Å². The molecule has 2 bridgehead atoms.